The van der Waals surface area contributed by atoms with E-state index >= 15 is 0 Å². The van der Waals surface area contributed by atoms with Crippen molar-refractivity contribution in [2.24, 2.45) is 10.8 Å². The number of rotatable bonds is 2. The van der Waals surface area contributed by atoms with Crippen LogP contribution in [0.3, 0.4) is 0 Å². The molecule has 3 rings (SSSR count). The smallest absolute Gasteiger partial charge is 0.313 e. The summed E-state index contributed by atoms with van der Waals surface area (Å²) < 4.78 is 0. The molecule has 136 valence electrons. The highest BCUT2D eigenvalue weighted by atomic mass is 16.2. The number of carbonyl (C=O) groups excluding carboxylic acids is 2. The van der Waals surface area contributed by atoms with Crippen molar-refractivity contribution in [3.05, 3.63) is 29.8 Å². The van der Waals surface area contributed by atoms with Gasteiger partial charge >= 0.3 is 11.8 Å². The van der Waals surface area contributed by atoms with Crippen molar-refractivity contribution in [2.75, 3.05) is 11.9 Å². The number of benzene rings is 1. The molecule has 2 atom stereocenters. The lowest BCUT2D eigenvalue weighted by Gasteiger charge is -2.39. The molecular formula is C21H30N2O2. The van der Waals surface area contributed by atoms with Gasteiger partial charge in [0.15, 0.2) is 0 Å². The Hall–Kier alpha value is -1.84. The molecule has 0 radical (unpaired) electrons. The van der Waals surface area contributed by atoms with Crippen LogP contribution in [0.5, 0.6) is 0 Å². The molecule has 2 fully saturated rings. The van der Waals surface area contributed by atoms with E-state index in [1.165, 1.54) is 5.56 Å². The van der Waals surface area contributed by atoms with Crippen molar-refractivity contribution in [1.29, 1.82) is 0 Å². The Bertz CT molecular complexity index is 678. The van der Waals surface area contributed by atoms with E-state index in [9.17, 15) is 9.59 Å². The Kier molecular flexibility index (Phi) is 4.42. The minimum Gasteiger partial charge on any atom is -0.331 e. The van der Waals surface area contributed by atoms with Gasteiger partial charge in [-0.25, -0.2) is 0 Å². The number of hydrogen-bond donors (Lipinski definition) is 1. The third-order valence-corrected chi connectivity index (χ3v) is 5.71. The maximum absolute atomic E-state index is 12.7. The summed E-state index contributed by atoms with van der Waals surface area (Å²) in [6, 6.07) is 7.92. The van der Waals surface area contributed by atoms with Gasteiger partial charge in [0.1, 0.15) is 0 Å². The summed E-state index contributed by atoms with van der Waals surface area (Å²) in [5.74, 6) is -0.468. The van der Waals surface area contributed by atoms with Crippen molar-refractivity contribution in [3.8, 4) is 0 Å². The van der Waals surface area contributed by atoms with Crippen LogP contribution in [-0.4, -0.2) is 29.3 Å². The summed E-state index contributed by atoms with van der Waals surface area (Å²) in [5.41, 5.74) is 2.26. The lowest BCUT2D eigenvalue weighted by atomic mass is 9.65. The lowest BCUT2D eigenvalue weighted by Crippen LogP contribution is -2.43. The fourth-order valence-electron chi connectivity index (χ4n) is 4.96. The Labute approximate surface area is 151 Å². The topological polar surface area (TPSA) is 49.4 Å². The molecule has 1 heterocycles. The second-order valence-electron chi connectivity index (χ2n) is 9.38. The Morgan fingerprint density at radius 3 is 2.36 bits per heavy atom. The highest BCUT2D eigenvalue weighted by Gasteiger charge is 2.51. The first-order chi connectivity index (χ1) is 11.6. The van der Waals surface area contributed by atoms with Crippen molar-refractivity contribution in [1.82, 2.24) is 4.90 Å². The van der Waals surface area contributed by atoms with Gasteiger partial charge in [0.25, 0.3) is 0 Å². The summed E-state index contributed by atoms with van der Waals surface area (Å²) in [4.78, 5) is 27.0. The number of nitrogens with one attached hydrogen (secondary N) is 1. The van der Waals surface area contributed by atoms with Crippen molar-refractivity contribution in [3.63, 3.8) is 0 Å². The van der Waals surface area contributed by atoms with Crippen LogP contribution in [0.15, 0.2) is 24.3 Å². The average Bonchev–Trinajstić information content (AvgIpc) is 2.76. The standard InChI is InChI=1S/C21H30N2O2/c1-14(2)15-6-8-16(9-7-15)22-18(24)19(25)23-13-21(5)11-17(23)10-20(3,4)12-21/h6-9,14,17H,10-13H2,1-5H3,(H,22,24). The highest BCUT2D eigenvalue weighted by Crippen LogP contribution is 2.52. The minimum absolute atomic E-state index is 0.140. The molecule has 2 amide bonds. The molecular weight excluding hydrogens is 312 g/mol. The van der Waals surface area contributed by atoms with Gasteiger partial charge in [0.05, 0.1) is 0 Å². The number of anilines is 1. The fraction of sp³-hybridized carbons (Fsp3) is 0.619. The summed E-state index contributed by atoms with van der Waals surface area (Å²) in [6.45, 7) is 11.7. The molecule has 2 aliphatic rings. The summed E-state index contributed by atoms with van der Waals surface area (Å²) in [6.07, 6.45) is 3.10. The molecule has 25 heavy (non-hydrogen) atoms. The Morgan fingerprint density at radius 2 is 1.76 bits per heavy atom. The Balaban J connectivity index is 1.68. The van der Waals surface area contributed by atoms with Gasteiger partial charge in [-0.1, -0.05) is 46.8 Å². The van der Waals surface area contributed by atoms with E-state index in [1.807, 2.05) is 29.2 Å². The molecule has 1 aliphatic carbocycles. The number of nitrogens with zero attached hydrogens (tertiary/aromatic N) is 1. The van der Waals surface area contributed by atoms with Gasteiger partial charge in [0.2, 0.25) is 0 Å². The molecule has 2 bridgehead atoms. The first-order valence-corrected chi connectivity index (χ1v) is 9.31. The van der Waals surface area contributed by atoms with Gasteiger partial charge < -0.3 is 10.2 Å². The summed E-state index contributed by atoms with van der Waals surface area (Å²) in [7, 11) is 0. The van der Waals surface area contributed by atoms with Crippen LogP contribution < -0.4 is 5.32 Å². The number of fused-ring (bicyclic) bond motifs is 2. The quantitative estimate of drug-likeness (QED) is 0.820. The van der Waals surface area contributed by atoms with Gasteiger partial charge in [-0.05, 0) is 53.7 Å². The number of likely N-dealkylation sites (tertiary alicyclic amines) is 1. The van der Waals surface area contributed by atoms with E-state index in [4.69, 9.17) is 0 Å². The van der Waals surface area contributed by atoms with Crippen LogP contribution in [0.4, 0.5) is 5.69 Å². The molecule has 0 aromatic heterocycles. The van der Waals surface area contributed by atoms with Crippen molar-refractivity contribution in [2.45, 2.75) is 65.8 Å². The molecule has 1 saturated heterocycles. The van der Waals surface area contributed by atoms with Gasteiger partial charge in [-0.2, -0.15) is 0 Å². The van der Waals surface area contributed by atoms with E-state index in [1.54, 1.807) is 0 Å². The first-order valence-electron chi connectivity index (χ1n) is 9.31. The highest BCUT2D eigenvalue weighted by molar-refractivity contribution is 6.39. The summed E-state index contributed by atoms with van der Waals surface area (Å²) in [5, 5.41) is 2.77. The van der Waals surface area contributed by atoms with E-state index in [-0.39, 0.29) is 22.8 Å². The molecule has 2 unspecified atom stereocenters. The van der Waals surface area contributed by atoms with Gasteiger partial charge in [-0.15, -0.1) is 0 Å². The maximum atomic E-state index is 12.7. The lowest BCUT2D eigenvalue weighted by molar-refractivity contribution is -0.144. The molecule has 0 spiro atoms. The second kappa shape index (κ2) is 6.15. The largest absolute Gasteiger partial charge is 0.331 e. The van der Waals surface area contributed by atoms with E-state index in [0.717, 1.165) is 19.3 Å². The first kappa shape index (κ1) is 18.0. The van der Waals surface area contributed by atoms with Crippen molar-refractivity contribution >= 4 is 17.5 Å². The average molecular weight is 342 g/mol. The minimum atomic E-state index is -0.522. The van der Waals surface area contributed by atoms with E-state index in [0.29, 0.717) is 18.2 Å². The normalized spacial score (nSPS) is 27.4. The van der Waals surface area contributed by atoms with E-state index < -0.39 is 5.91 Å². The van der Waals surface area contributed by atoms with Crippen LogP contribution >= 0.6 is 0 Å². The second-order valence-corrected chi connectivity index (χ2v) is 9.38. The zero-order valence-corrected chi connectivity index (χ0v) is 16.1. The zero-order valence-electron chi connectivity index (χ0n) is 16.1. The monoisotopic (exact) mass is 342 g/mol. The number of hydrogen-bond acceptors (Lipinski definition) is 2. The Morgan fingerprint density at radius 1 is 1.12 bits per heavy atom. The third-order valence-electron chi connectivity index (χ3n) is 5.71. The molecule has 1 aliphatic heterocycles. The fourth-order valence-corrected chi connectivity index (χ4v) is 4.96. The van der Waals surface area contributed by atoms with Gasteiger partial charge in [-0.3, -0.25) is 9.59 Å². The van der Waals surface area contributed by atoms with E-state index in [2.05, 4.69) is 39.9 Å². The summed E-state index contributed by atoms with van der Waals surface area (Å²) >= 11 is 0. The number of carbonyl (C=O) groups is 2. The van der Waals surface area contributed by atoms with Crippen LogP contribution in [0.2, 0.25) is 0 Å². The van der Waals surface area contributed by atoms with Crippen molar-refractivity contribution < 1.29 is 9.59 Å². The molecule has 4 heteroatoms. The van der Waals surface area contributed by atoms with Crippen LogP contribution in [0.25, 0.3) is 0 Å². The van der Waals surface area contributed by atoms with Crippen LogP contribution in [-0.2, 0) is 9.59 Å². The molecule has 1 aromatic rings. The zero-order chi connectivity index (χ0) is 18.4. The predicted octanol–water partition coefficient (Wildman–Crippen LogP) is 4.18. The number of amides is 2. The van der Waals surface area contributed by atoms with Crippen LogP contribution in [0, 0.1) is 10.8 Å². The van der Waals surface area contributed by atoms with Gasteiger partial charge in [0, 0.05) is 18.3 Å². The SMILES string of the molecule is CC(C)c1ccc(NC(=O)C(=O)N2CC3(C)CC2CC(C)(C)C3)cc1. The molecule has 1 saturated carbocycles. The van der Waals surface area contributed by atoms with Crippen LogP contribution in [0.1, 0.15) is 65.4 Å². The molecule has 1 N–H and O–H groups in total. The third kappa shape index (κ3) is 3.73. The molecule has 1 aromatic carbocycles. The molecule has 4 nitrogen and oxygen atoms in total. The maximum Gasteiger partial charge on any atom is 0.313 e. The predicted molar refractivity (Wildman–Crippen MR) is 100 cm³/mol.